The Kier molecular flexibility index (Phi) is 4.43. The number of amides is 1. The average Bonchev–Trinajstić information content (AvgIpc) is 2.70. The monoisotopic (exact) mass is 367 g/mol. The van der Waals surface area contributed by atoms with Crippen molar-refractivity contribution < 1.29 is 18.3 Å². The third-order valence-corrected chi connectivity index (χ3v) is 6.43. The normalized spacial score (nSPS) is 24.3. The van der Waals surface area contributed by atoms with Gasteiger partial charge in [0.25, 0.3) is 0 Å². The molecule has 1 aromatic heterocycles. The van der Waals surface area contributed by atoms with E-state index in [4.69, 9.17) is 4.74 Å². The lowest BCUT2D eigenvalue weighted by molar-refractivity contribution is -0.0879. The molecule has 0 aromatic carbocycles. The summed E-state index contributed by atoms with van der Waals surface area (Å²) in [5.74, 6) is -1.43. The quantitative estimate of drug-likeness (QED) is 0.802. The van der Waals surface area contributed by atoms with E-state index in [1.807, 2.05) is 6.92 Å². The maximum atomic E-state index is 13.4. The standard InChI is InChI=1S/C19H27F2N3O2/c1-11(12-5-3-6-12)26-18(25)22-17-15(13-7-4-8-13)16(23-24(17)2)14-9-19(20,21)10-14/h11-14H,3-10H2,1-2H3,(H,22,25)/t11-/m0/s1. The van der Waals surface area contributed by atoms with E-state index in [9.17, 15) is 13.6 Å². The summed E-state index contributed by atoms with van der Waals surface area (Å²) >= 11 is 0. The van der Waals surface area contributed by atoms with Crippen molar-refractivity contribution >= 4 is 11.9 Å². The van der Waals surface area contributed by atoms with Gasteiger partial charge in [-0.15, -0.1) is 0 Å². The predicted molar refractivity (Wildman–Crippen MR) is 93.6 cm³/mol. The van der Waals surface area contributed by atoms with Gasteiger partial charge in [0, 0.05) is 31.4 Å². The molecule has 1 heterocycles. The van der Waals surface area contributed by atoms with Gasteiger partial charge < -0.3 is 4.74 Å². The highest BCUT2D eigenvalue weighted by atomic mass is 19.3. The molecular weight excluding hydrogens is 340 g/mol. The van der Waals surface area contributed by atoms with E-state index in [1.165, 1.54) is 6.42 Å². The van der Waals surface area contributed by atoms with Crippen LogP contribution in [0.1, 0.15) is 81.4 Å². The van der Waals surface area contributed by atoms with Crippen LogP contribution in [0, 0.1) is 5.92 Å². The van der Waals surface area contributed by atoms with Crippen LogP contribution in [0.15, 0.2) is 0 Å². The maximum Gasteiger partial charge on any atom is 0.413 e. The van der Waals surface area contributed by atoms with E-state index >= 15 is 0 Å². The van der Waals surface area contributed by atoms with E-state index in [2.05, 4.69) is 10.4 Å². The van der Waals surface area contributed by atoms with Crippen molar-refractivity contribution in [3.05, 3.63) is 11.3 Å². The highest BCUT2D eigenvalue weighted by Gasteiger charge is 2.49. The number of rotatable bonds is 5. The number of anilines is 1. The van der Waals surface area contributed by atoms with Gasteiger partial charge in [0.15, 0.2) is 0 Å². The molecule has 0 spiro atoms. The Bertz CT molecular complexity index is 687. The lowest BCUT2D eigenvalue weighted by atomic mass is 9.73. The first-order valence-electron chi connectivity index (χ1n) is 9.76. The van der Waals surface area contributed by atoms with Gasteiger partial charge in [0.2, 0.25) is 5.92 Å². The van der Waals surface area contributed by atoms with Crippen LogP contribution in [-0.4, -0.2) is 27.9 Å². The van der Waals surface area contributed by atoms with E-state index in [-0.39, 0.29) is 24.9 Å². The molecule has 1 N–H and O–H groups in total. The molecular formula is C19H27F2N3O2. The zero-order valence-electron chi connectivity index (χ0n) is 15.4. The number of halogens is 2. The summed E-state index contributed by atoms with van der Waals surface area (Å²) in [7, 11) is 1.76. The summed E-state index contributed by atoms with van der Waals surface area (Å²) in [4.78, 5) is 12.4. The minimum absolute atomic E-state index is 0.103. The second-order valence-corrected chi connectivity index (χ2v) is 8.29. The molecule has 1 atom stereocenters. The van der Waals surface area contributed by atoms with Crippen molar-refractivity contribution in [3.63, 3.8) is 0 Å². The molecule has 5 nitrogen and oxygen atoms in total. The Morgan fingerprint density at radius 3 is 2.38 bits per heavy atom. The molecule has 1 amide bonds. The van der Waals surface area contributed by atoms with Crippen molar-refractivity contribution in [2.75, 3.05) is 5.32 Å². The zero-order valence-corrected chi connectivity index (χ0v) is 15.4. The highest BCUT2D eigenvalue weighted by Crippen LogP contribution is 2.52. The molecule has 26 heavy (non-hydrogen) atoms. The van der Waals surface area contributed by atoms with Gasteiger partial charge in [-0.1, -0.05) is 12.8 Å². The molecule has 0 aliphatic heterocycles. The fraction of sp³-hybridized carbons (Fsp3) is 0.789. The molecule has 3 aliphatic rings. The maximum absolute atomic E-state index is 13.4. The first kappa shape index (κ1) is 17.7. The van der Waals surface area contributed by atoms with Crippen LogP contribution in [0.5, 0.6) is 0 Å². The fourth-order valence-corrected chi connectivity index (χ4v) is 4.27. The summed E-state index contributed by atoms with van der Waals surface area (Å²) in [6.45, 7) is 1.93. The lowest BCUT2D eigenvalue weighted by Crippen LogP contribution is -2.34. The van der Waals surface area contributed by atoms with Gasteiger partial charge in [-0.25, -0.2) is 13.6 Å². The van der Waals surface area contributed by atoms with Crippen LogP contribution < -0.4 is 5.32 Å². The first-order chi connectivity index (χ1) is 12.3. The Labute approximate surface area is 152 Å². The number of ether oxygens (including phenoxy) is 1. The molecule has 0 radical (unpaired) electrons. The molecule has 3 fully saturated rings. The van der Waals surface area contributed by atoms with E-state index in [0.717, 1.165) is 43.4 Å². The van der Waals surface area contributed by atoms with Crippen molar-refractivity contribution in [3.8, 4) is 0 Å². The molecule has 0 saturated heterocycles. The zero-order chi connectivity index (χ0) is 18.5. The second-order valence-electron chi connectivity index (χ2n) is 8.29. The van der Waals surface area contributed by atoms with E-state index in [1.54, 1.807) is 11.7 Å². The van der Waals surface area contributed by atoms with E-state index in [0.29, 0.717) is 17.7 Å². The Hall–Kier alpha value is -1.66. The van der Waals surface area contributed by atoms with Gasteiger partial charge >= 0.3 is 6.09 Å². The number of nitrogens with zero attached hydrogens (tertiary/aromatic N) is 2. The molecule has 1 aromatic rings. The Morgan fingerprint density at radius 2 is 1.88 bits per heavy atom. The van der Waals surface area contributed by atoms with Crippen LogP contribution >= 0.6 is 0 Å². The number of aromatic nitrogens is 2. The number of carbonyl (C=O) groups excluding carboxylic acids is 1. The Balaban J connectivity index is 1.51. The third kappa shape index (κ3) is 3.21. The Morgan fingerprint density at radius 1 is 1.23 bits per heavy atom. The van der Waals surface area contributed by atoms with Crippen LogP contribution in [0.2, 0.25) is 0 Å². The van der Waals surface area contributed by atoms with Crippen LogP contribution in [0.4, 0.5) is 19.4 Å². The van der Waals surface area contributed by atoms with Gasteiger partial charge in [0.05, 0.1) is 5.69 Å². The predicted octanol–water partition coefficient (Wildman–Crippen LogP) is 4.94. The minimum atomic E-state index is -2.58. The smallest absolute Gasteiger partial charge is 0.413 e. The fourth-order valence-electron chi connectivity index (χ4n) is 4.27. The SMILES string of the molecule is C[C@H](OC(=O)Nc1c(C2CCC2)c(C2CC(F)(F)C2)nn1C)C1CCC1. The molecule has 4 rings (SSSR count). The minimum Gasteiger partial charge on any atom is -0.446 e. The topological polar surface area (TPSA) is 56.1 Å². The molecule has 144 valence electrons. The number of alkyl halides is 2. The lowest BCUT2D eigenvalue weighted by Gasteiger charge is -2.36. The molecule has 0 unspecified atom stereocenters. The van der Waals surface area contributed by atoms with Crippen molar-refractivity contribution in [2.24, 2.45) is 13.0 Å². The van der Waals surface area contributed by atoms with E-state index < -0.39 is 12.0 Å². The number of aryl methyl sites for hydroxylation is 1. The average molecular weight is 367 g/mol. The number of hydrogen-bond donors (Lipinski definition) is 1. The van der Waals surface area contributed by atoms with Crippen molar-refractivity contribution in [1.29, 1.82) is 0 Å². The number of nitrogens with one attached hydrogen (secondary N) is 1. The van der Waals surface area contributed by atoms with Crippen LogP contribution in [0.25, 0.3) is 0 Å². The summed E-state index contributed by atoms with van der Waals surface area (Å²) < 4.78 is 33.9. The number of carbonyl (C=O) groups is 1. The highest BCUT2D eigenvalue weighted by molar-refractivity contribution is 5.85. The van der Waals surface area contributed by atoms with Gasteiger partial charge in [-0.05, 0) is 44.4 Å². The van der Waals surface area contributed by atoms with Gasteiger partial charge in [-0.2, -0.15) is 5.10 Å². The van der Waals surface area contributed by atoms with Crippen molar-refractivity contribution in [2.45, 2.75) is 82.2 Å². The van der Waals surface area contributed by atoms with Gasteiger partial charge in [0.1, 0.15) is 11.9 Å². The summed E-state index contributed by atoms with van der Waals surface area (Å²) in [6.07, 6.45) is 5.70. The first-order valence-corrected chi connectivity index (χ1v) is 9.76. The molecule has 3 aliphatic carbocycles. The molecule has 3 saturated carbocycles. The summed E-state index contributed by atoms with van der Waals surface area (Å²) in [5.41, 5.74) is 1.69. The summed E-state index contributed by atoms with van der Waals surface area (Å²) in [5, 5.41) is 7.37. The molecule has 0 bridgehead atoms. The summed E-state index contributed by atoms with van der Waals surface area (Å²) in [6, 6.07) is 0. The molecule has 7 heteroatoms. The third-order valence-electron chi connectivity index (χ3n) is 6.43. The number of hydrogen-bond acceptors (Lipinski definition) is 3. The van der Waals surface area contributed by atoms with Crippen LogP contribution in [0.3, 0.4) is 0 Å². The van der Waals surface area contributed by atoms with Gasteiger partial charge in [-0.3, -0.25) is 10.00 Å². The van der Waals surface area contributed by atoms with Crippen LogP contribution in [-0.2, 0) is 11.8 Å². The van der Waals surface area contributed by atoms with Crippen molar-refractivity contribution in [1.82, 2.24) is 9.78 Å². The largest absolute Gasteiger partial charge is 0.446 e. The second kappa shape index (κ2) is 6.50.